The number of fused-ring (bicyclic) bond motifs is 1. The third kappa shape index (κ3) is 2.89. The second-order valence-electron chi connectivity index (χ2n) is 4.26. The zero-order chi connectivity index (χ0) is 13.0. The highest BCUT2D eigenvalue weighted by Gasteiger charge is 2.12. The summed E-state index contributed by atoms with van der Waals surface area (Å²) in [5.41, 5.74) is 7.37. The van der Waals surface area contributed by atoms with Crippen molar-refractivity contribution in [2.45, 2.75) is 25.3 Å². The molecule has 0 spiro atoms. The van der Waals surface area contributed by atoms with E-state index in [4.69, 9.17) is 5.73 Å². The Kier molecular flexibility index (Phi) is 4.33. The molecule has 18 heavy (non-hydrogen) atoms. The van der Waals surface area contributed by atoms with Crippen LogP contribution in [-0.4, -0.2) is 13.1 Å². The SMILES string of the molecule is COC(=O)CCCC(N)c1csc2ccccc12. The molecule has 0 aliphatic rings. The number of methoxy groups -OCH3 is 1. The first-order chi connectivity index (χ1) is 8.72. The molecule has 1 heterocycles. The van der Waals surface area contributed by atoms with Gasteiger partial charge in [0.2, 0.25) is 0 Å². The second-order valence-corrected chi connectivity index (χ2v) is 5.17. The maximum Gasteiger partial charge on any atom is 0.305 e. The quantitative estimate of drug-likeness (QED) is 0.842. The summed E-state index contributed by atoms with van der Waals surface area (Å²) in [4.78, 5) is 11.0. The van der Waals surface area contributed by atoms with Crippen LogP contribution in [0.5, 0.6) is 0 Å². The zero-order valence-corrected chi connectivity index (χ0v) is 11.2. The summed E-state index contributed by atoms with van der Waals surface area (Å²) in [5.74, 6) is -0.169. The molecule has 0 amide bonds. The normalized spacial score (nSPS) is 12.6. The molecule has 1 aromatic carbocycles. The lowest BCUT2D eigenvalue weighted by molar-refractivity contribution is -0.140. The van der Waals surface area contributed by atoms with E-state index in [9.17, 15) is 4.79 Å². The molecule has 4 heteroatoms. The Bertz CT molecular complexity index is 535. The Morgan fingerprint density at radius 2 is 2.22 bits per heavy atom. The lowest BCUT2D eigenvalue weighted by Crippen LogP contribution is -2.10. The van der Waals surface area contributed by atoms with Crippen molar-refractivity contribution in [3.8, 4) is 0 Å². The summed E-state index contributed by atoms with van der Waals surface area (Å²) in [6.07, 6.45) is 2.00. The summed E-state index contributed by atoms with van der Waals surface area (Å²) < 4.78 is 5.88. The Morgan fingerprint density at radius 1 is 1.44 bits per heavy atom. The molecule has 0 saturated carbocycles. The summed E-state index contributed by atoms with van der Waals surface area (Å²) in [5, 5.41) is 3.35. The van der Waals surface area contributed by atoms with Crippen molar-refractivity contribution in [3.05, 3.63) is 35.2 Å². The molecule has 2 N–H and O–H groups in total. The van der Waals surface area contributed by atoms with E-state index < -0.39 is 0 Å². The van der Waals surface area contributed by atoms with Gasteiger partial charge in [0, 0.05) is 17.2 Å². The number of thiophene rings is 1. The fourth-order valence-electron chi connectivity index (χ4n) is 2.01. The smallest absolute Gasteiger partial charge is 0.305 e. The minimum atomic E-state index is -0.169. The van der Waals surface area contributed by atoms with Gasteiger partial charge in [-0.1, -0.05) is 18.2 Å². The summed E-state index contributed by atoms with van der Waals surface area (Å²) >= 11 is 1.71. The van der Waals surface area contributed by atoms with Gasteiger partial charge in [-0.3, -0.25) is 4.79 Å². The molecule has 3 nitrogen and oxygen atoms in total. The predicted octanol–water partition coefficient (Wildman–Crippen LogP) is 3.24. The summed E-state index contributed by atoms with van der Waals surface area (Å²) in [7, 11) is 1.41. The third-order valence-electron chi connectivity index (χ3n) is 3.03. The van der Waals surface area contributed by atoms with E-state index in [1.54, 1.807) is 11.3 Å². The van der Waals surface area contributed by atoms with Crippen LogP contribution in [0.1, 0.15) is 30.9 Å². The Labute approximate surface area is 111 Å². The number of benzene rings is 1. The van der Waals surface area contributed by atoms with Gasteiger partial charge in [0.05, 0.1) is 7.11 Å². The number of hydrogen-bond acceptors (Lipinski definition) is 4. The van der Waals surface area contributed by atoms with Gasteiger partial charge in [0.25, 0.3) is 0 Å². The summed E-state index contributed by atoms with van der Waals surface area (Å²) in [6.45, 7) is 0. The minimum Gasteiger partial charge on any atom is -0.469 e. The van der Waals surface area contributed by atoms with Crippen molar-refractivity contribution in [1.29, 1.82) is 0 Å². The van der Waals surface area contributed by atoms with Gasteiger partial charge in [-0.25, -0.2) is 0 Å². The Balaban J connectivity index is 2.00. The Hall–Kier alpha value is -1.39. The molecule has 0 saturated heterocycles. The van der Waals surface area contributed by atoms with Crippen molar-refractivity contribution in [2.24, 2.45) is 5.73 Å². The highest BCUT2D eigenvalue weighted by atomic mass is 32.1. The third-order valence-corrected chi connectivity index (χ3v) is 4.02. The highest BCUT2D eigenvalue weighted by molar-refractivity contribution is 7.17. The first-order valence-electron chi connectivity index (χ1n) is 6.01. The van der Waals surface area contributed by atoms with Crippen molar-refractivity contribution in [1.82, 2.24) is 0 Å². The molecule has 0 aliphatic heterocycles. The molecule has 0 aliphatic carbocycles. The largest absolute Gasteiger partial charge is 0.469 e. The number of ether oxygens (including phenoxy) is 1. The van der Waals surface area contributed by atoms with Crippen molar-refractivity contribution in [3.63, 3.8) is 0 Å². The van der Waals surface area contributed by atoms with Crippen LogP contribution in [0.4, 0.5) is 0 Å². The molecular formula is C14H17NO2S. The minimum absolute atomic E-state index is 0.00851. The van der Waals surface area contributed by atoms with E-state index in [1.165, 1.54) is 22.8 Å². The molecule has 0 bridgehead atoms. The van der Waals surface area contributed by atoms with Gasteiger partial charge < -0.3 is 10.5 Å². The van der Waals surface area contributed by atoms with Crippen LogP contribution < -0.4 is 5.73 Å². The maximum absolute atomic E-state index is 11.0. The number of carbonyl (C=O) groups is 1. The molecule has 1 atom stereocenters. The van der Waals surface area contributed by atoms with Gasteiger partial charge in [0.15, 0.2) is 0 Å². The topological polar surface area (TPSA) is 52.3 Å². The average molecular weight is 263 g/mol. The standard InChI is InChI=1S/C14H17NO2S/c1-17-14(16)8-4-6-12(15)11-9-18-13-7-3-2-5-10(11)13/h2-3,5,7,9,12H,4,6,8,15H2,1H3. The van der Waals surface area contributed by atoms with E-state index in [0.29, 0.717) is 6.42 Å². The molecule has 0 fully saturated rings. The van der Waals surface area contributed by atoms with Crippen molar-refractivity contribution >= 4 is 27.4 Å². The maximum atomic E-state index is 11.0. The van der Waals surface area contributed by atoms with Crippen LogP contribution in [0.3, 0.4) is 0 Å². The average Bonchev–Trinajstić information content (AvgIpc) is 2.82. The van der Waals surface area contributed by atoms with Gasteiger partial charge in [-0.15, -0.1) is 11.3 Å². The first kappa shape index (κ1) is 13.1. The Morgan fingerprint density at radius 3 is 3.00 bits per heavy atom. The molecule has 1 unspecified atom stereocenters. The molecule has 2 aromatic rings. The van der Waals surface area contributed by atoms with Crippen molar-refractivity contribution < 1.29 is 9.53 Å². The number of esters is 1. The number of carbonyl (C=O) groups excluding carboxylic acids is 1. The second kappa shape index (κ2) is 5.98. The number of rotatable bonds is 5. The highest BCUT2D eigenvalue weighted by Crippen LogP contribution is 2.31. The molecule has 1 aromatic heterocycles. The van der Waals surface area contributed by atoms with Crippen LogP contribution in [-0.2, 0) is 9.53 Å². The fraction of sp³-hybridized carbons (Fsp3) is 0.357. The fourth-order valence-corrected chi connectivity index (χ4v) is 3.04. The van der Waals surface area contributed by atoms with Crippen LogP contribution >= 0.6 is 11.3 Å². The van der Waals surface area contributed by atoms with Gasteiger partial charge in [-0.2, -0.15) is 0 Å². The van der Waals surface area contributed by atoms with E-state index in [-0.39, 0.29) is 12.0 Å². The van der Waals surface area contributed by atoms with E-state index in [2.05, 4.69) is 22.2 Å². The molecule has 2 rings (SSSR count). The molecular weight excluding hydrogens is 246 g/mol. The number of nitrogens with two attached hydrogens (primary N) is 1. The van der Waals surface area contributed by atoms with E-state index in [1.807, 2.05) is 12.1 Å². The van der Waals surface area contributed by atoms with E-state index >= 15 is 0 Å². The monoisotopic (exact) mass is 263 g/mol. The van der Waals surface area contributed by atoms with Crippen LogP contribution in [0.2, 0.25) is 0 Å². The van der Waals surface area contributed by atoms with Crippen molar-refractivity contribution in [2.75, 3.05) is 7.11 Å². The lowest BCUT2D eigenvalue weighted by Gasteiger charge is -2.10. The van der Waals surface area contributed by atoms with Crippen LogP contribution in [0.15, 0.2) is 29.6 Å². The summed E-state index contributed by atoms with van der Waals surface area (Å²) in [6, 6.07) is 8.25. The van der Waals surface area contributed by atoms with Gasteiger partial charge in [-0.05, 0) is 35.2 Å². The zero-order valence-electron chi connectivity index (χ0n) is 10.4. The first-order valence-corrected chi connectivity index (χ1v) is 6.89. The number of hydrogen-bond donors (Lipinski definition) is 1. The predicted molar refractivity (Wildman–Crippen MR) is 74.6 cm³/mol. The van der Waals surface area contributed by atoms with Crippen LogP contribution in [0.25, 0.3) is 10.1 Å². The lowest BCUT2D eigenvalue weighted by atomic mass is 10.0. The van der Waals surface area contributed by atoms with Gasteiger partial charge in [0.1, 0.15) is 0 Å². The molecule has 96 valence electrons. The molecule has 0 radical (unpaired) electrons. The van der Waals surface area contributed by atoms with Crippen LogP contribution in [0, 0.1) is 0 Å². The van der Waals surface area contributed by atoms with Gasteiger partial charge >= 0.3 is 5.97 Å². The van der Waals surface area contributed by atoms with E-state index in [0.717, 1.165) is 12.8 Å².